The van der Waals surface area contributed by atoms with Gasteiger partial charge in [0.15, 0.2) is 0 Å². The number of aromatic nitrogens is 5. The first-order chi connectivity index (χ1) is 12.0. The lowest BCUT2D eigenvalue weighted by Gasteiger charge is -2.31. The van der Waals surface area contributed by atoms with Gasteiger partial charge in [0.1, 0.15) is 24.0 Å². The van der Waals surface area contributed by atoms with E-state index in [1.165, 1.54) is 6.33 Å². The number of hydrogen-bond donors (Lipinski definition) is 1. The lowest BCUT2D eigenvalue weighted by molar-refractivity contribution is -0.139. The normalized spacial score (nSPS) is 18.8. The summed E-state index contributed by atoms with van der Waals surface area (Å²) in [6.07, 6.45) is 10.3. The number of nitrogens with zero attached hydrogens (tertiary/aromatic N) is 6. The monoisotopic (exact) mass is 343 g/mol. The van der Waals surface area contributed by atoms with Crippen LogP contribution in [0.15, 0.2) is 25.0 Å². The van der Waals surface area contributed by atoms with Crippen LogP contribution in [0.2, 0.25) is 0 Å². The van der Waals surface area contributed by atoms with Gasteiger partial charge in [-0.1, -0.05) is 0 Å². The van der Waals surface area contributed by atoms with E-state index in [9.17, 15) is 4.79 Å². The van der Waals surface area contributed by atoms with Crippen molar-refractivity contribution in [2.24, 2.45) is 5.92 Å². The first-order valence-corrected chi connectivity index (χ1v) is 8.67. The average molecular weight is 343 g/mol. The van der Waals surface area contributed by atoms with E-state index >= 15 is 0 Å². The van der Waals surface area contributed by atoms with Crippen LogP contribution in [0, 0.1) is 5.92 Å². The molecule has 134 valence electrons. The molecule has 1 atom stereocenters. The van der Waals surface area contributed by atoms with Gasteiger partial charge in [0, 0.05) is 13.1 Å². The van der Waals surface area contributed by atoms with Gasteiger partial charge >= 0.3 is 0 Å². The van der Waals surface area contributed by atoms with Crippen molar-refractivity contribution in [2.45, 2.75) is 45.1 Å². The molecule has 25 heavy (non-hydrogen) atoms. The molecular weight excluding hydrogens is 318 g/mol. The fourth-order valence-corrected chi connectivity index (χ4v) is 3.32. The van der Waals surface area contributed by atoms with Crippen molar-refractivity contribution in [2.75, 3.05) is 18.8 Å². The van der Waals surface area contributed by atoms with E-state index in [0.717, 1.165) is 44.5 Å². The molecule has 1 aliphatic rings. The summed E-state index contributed by atoms with van der Waals surface area (Å²) in [5.41, 5.74) is 5.82. The van der Waals surface area contributed by atoms with Gasteiger partial charge in [0.25, 0.3) is 0 Å². The molecule has 1 saturated heterocycles. The van der Waals surface area contributed by atoms with Crippen LogP contribution < -0.4 is 5.73 Å². The summed E-state index contributed by atoms with van der Waals surface area (Å²) < 4.78 is 1.63. The van der Waals surface area contributed by atoms with E-state index in [2.05, 4.69) is 20.1 Å². The molecule has 8 nitrogen and oxygen atoms in total. The molecule has 2 N–H and O–H groups in total. The molecule has 0 aromatic carbocycles. The maximum Gasteiger partial charge on any atom is 0.250 e. The van der Waals surface area contributed by atoms with Crippen LogP contribution in [0.1, 0.15) is 38.8 Å². The number of nitrogens with two attached hydrogens (primary N) is 1. The molecule has 1 amide bonds. The molecular formula is C17H25N7O. The molecule has 3 rings (SSSR count). The van der Waals surface area contributed by atoms with Crippen molar-refractivity contribution in [3.63, 3.8) is 0 Å². The molecule has 0 spiro atoms. The third-order valence-electron chi connectivity index (χ3n) is 4.87. The van der Waals surface area contributed by atoms with Crippen LogP contribution in [0.3, 0.4) is 0 Å². The predicted molar refractivity (Wildman–Crippen MR) is 93.4 cm³/mol. The first-order valence-electron chi connectivity index (χ1n) is 8.67. The van der Waals surface area contributed by atoms with Crippen molar-refractivity contribution in [3.8, 4) is 0 Å². The van der Waals surface area contributed by atoms with Crippen LogP contribution in [-0.4, -0.2) is 48.6 Å². The van der Waals surface area contributed by atoms with Gasteiger partial charge in [-0.05, 0) is 45.4 Å². The maximum atomic E-state index is 13.0. The molecule has 0 aliphatic carbocycles. The Labute approximate surface area is 147 Å². The second-order valence-corrected chi connectivity index (χ2v) is 7.12. The van der Waals surface area contributed by atoms with Crippen LogP contribution >= 0.6 is 0 Å². The van der Waals surface area contributed by atoms with Crippen molar-refractivity contribution in [3.05, 3.63) is 30.7 Å². The quantitative estimate of drug-likeness (QED) is 0.896. The molecule has 1 fully saturated rings. The number of carbonyl (C=O) groups is 1. The summed E-state index contributed by atoms with van der Waals surface area (Å²) in [5.74, 6) is 1.04. The minimum atomic E-state index is -0.723. The van der Waals surface area contributed by atoms with Gasteiger partial charge in [-0.3, -0.25) is 9.78 Å². The van der Waals surface area contributed by atoms with E-state index < -0.39 is 5.54 Å². The smallest absolute Gasteiger partial charge is 0.250 e. The third kappa shape index (κ3) is 3.94. The number of hydrogen-bond acceptors (Lipinski definition) is 6. The molecule has 1 aliphatic heterocycles. The Hall–Kier alpha value is -2.51. The van der Waals surface area contributed by atoms with Gasteiger partial charge in [-0.25, -0.2) is 14.6 Å². The standard InChI is InChI=1S/C17H25N7O/c1-17(2,24-12-19-11-22-24)16(25)23-6-3-4-13(5-7-23)8-14-9-21-15(18)10-20-14/h9-13H,3-8H2,1-2H3,(H2,18,21). The fraction of sp³-hybridized carbons (Fsp3) is 0.588. The van der Waals surface area contributed by atoms with E-state index in [-0.39, 0.29) is 5.91 Å². The van der Waals surface area contributed by atoms with Gasteiger partial charge in [0.2, 0.25) is 5.91 Å². The molecule has 8 heteroatoms. The number of amides is 1. The molecule has 0 bridgehead atoms. The van der Waals surface area contributed by atoms with Gasteiger partial charge in [0.05, 0.1) is 18.1 Å². The first kappa shape index (κ1) is 17.3. The number of carbonyl (C=O) groups excluding carboxylic acids is 1. The minimum absolute atomic E-state index is 0.0888. The molecule has 0 radical (unpaired) electrons. The number of likely N-dealkylation sites (tertiary alicyclic amines) is 1. The summed E-state index contributed by atoms with van der Waals surface area (Å²) in [6.45, 7) is 5.30. The highest BCUT2D eigenvalue weighted by atomic mass is 16.2. The highest BCUT2D eigenvalue weighted by Crippen LogP contribution is 2.24. The SMILES string of the molecule is CC(C)(C(=O)N1CCCC(Cc2cnc(N)cn2)CC1)n1cncn1. The van der Waals surface area contributed by atoms with Crippen molar-refractivity contribution >= 4 is 11.7 Å². The maximum absolute atomic E-state index is 13.0. The summed E-state index contributed by atoms with van der Waals surface area (Å²) in [5, 5.41) is 4.14. The van der Waals surface area contributed by atoms with Crippen molar-refractivity contribution < 1.29 is 4.79 Å². The van der Waals surface area contributed by atoms with Crippen LogP contribution in [0.5, 0.6) is 0 Å². The largest absolute Gasteiger partial charge is 0.382 e. The molecule has 1 unspecified atom stereocenters. The molecule has 0 saturated carbocycles. The Morgan fingerprint density at radius 1 is 1.28 bits per heavy atom. The molecule has 2 aromatic heterocycles. The number of nitrogen functional groups attached to an aromatic ring is 1. The van der Waals surface area contributed by atoms with E-state index in [1.54, 1.807) is 23.4 Å². The van der Waals surface area contributed by atoms with E-state index in [1.807, 2.05) is 18.7 Å². The average Bonchev–Trinajstić information content (AvgIpc) is 3.05. The summed E-state index contributed by atoms with van der Waals surface area (Å²) in [4.78, 5) is 27.3. The van der Waals surface area contributed by atoms with Crippen LogP contribution in [-0.2, 0) is 16.8 Å². The highest BCUT2D eigenvalue weighted by molar-refractivity contribution is 5.83. The molecule has 2 aromatic rings. The zero-order valence-electron chi connectivity index (χ0n) is 14.8. The summed E-state index contributed by atoms with van der Waals surface area (Å²) >= 11 is 0. The molecule has 3 heterocycles. The van der Waals surface area contributed by atoms with E-state index in [4.69, 9.17) is 5.73 Å². The predicted octanol–water partition coefficient (Wildman–Crippen LogP) is 1.26. The van der Waals surface area contributed by atoms with Gasteiger partial charge < -0.3 is 10.6 Å². The van der Waals surface area contributed by atoms with Crippen LogP contribution in [0.4, 0.5) is 5.82 Å². The minimum Gasteiger partial charge on any atom is -0.382 e. The second-order valence-electron chi connectivity index (χ2n) is 7.12. The highest BCUT2D eigenvalue weighted by Gasteiger charge is 2.35. The third-order valence-corrected chi connectivity index (χ3v) is 4.87. The Kier molecular flexibility index (Phi) is 4.96. The van der Waals surface area contributed by atoms with E-state index in [0.29, 0.717) is 11.7 Å². The fourth-order valence-electron chi connectivity index (χ4n) is 3.32. The van der Waals surface area contributed by atoms with Crippen molar-refractivity contribution in [1.29, 1.82) is 0 Å². The Bertz CT molecular complexity index is 696. The van der Waals surface area contributed by atoms with Gasteiger partial charge in [-0.2, -0.15) is 5.10 Å². The lowest BCUT2D eigenvalue weighted by atomic mass is 9.95. The second kappa shape index (κ2) is 7.16. The number of rotatable bonds is 4. The Balaban J connectivity index is 1.61. The summed E-state index contributed by atoms with van der Waals surface area (Å²) in [6, 6.07) is 0. The Morgan fingerprint density at radius 3 is 2.80 bits per heavy atom. The number of anilines is 1. The van der Waals surface area contributed by atoms with Crippen molar-refractivity contribution in [1.82, 2.24) is 29.6 Å². The lowest BCUT2D eigenvalue weighted by Crippen LogP contribution is -2.47. The topological polar surface area (TPSA) is 103 Å². The zero-order chi connectivity index (χ0) is 17.9. The van der Waals surface area contributed by atoms with Gasteiger partial charge in [-0.15, -0.1) is 0 Å². The zero-order valence-corrected chi connectivity index (χ0v) is 14.8. The summed E-state index contributed by atoms with van der Waals surface area (Å²) in [7, 11) is 0. The Morgan fingerprint density at radius 2 is 2.12 bits per heavy atom. The van der Waals surface area contributed by atoms with Crippen LogP contribution in [0.25, 0.3) is 0 Å².